The van der Waals surface area contributed by atoms with Crippen molar-refractivity contribution in [1.82, 2.24) is 5.16 Å². The van der Waals surface area contributed by atoms with E-state index in [-0.39, 0.29) is 33.2 Å². The second-order valence-corrected chi connectivity index (χ2v) is 6.22. The highest BCUT2D eigenvalue weighted by atomic mass is 35.5. The molecule has 0 spiro atoms. The maximum Gasteiger partial charge on any atom is 0.345 e. The Hall–Kier alpha value is -3.32. The van der Waals surface area contributed by atoms with E-state index < -0.39 is 23.4 Å². The molecule has 0 amide bonds. The summed E-state index contributed by atoms with van der Waals surface area (Å²) in [6.45, 7) is 0. The Bertz CT molecular complexity index is 1200. The van der Waals surface area contributed by atoms with E-state index in [9.17, 15) is 18.0 Å². The molecule has 0 aliphatic carbocycles. The van der Waals surface area contributed by atoms with E-state index in [1.807, 2.05) is 0 Å². The van der Waals surface area contributed by atoms with Crippen LogP contribution in [0.5, 0.6) is 5.75 Å². The first kappa shape index (κ1) is 18.1. The molecule has 0 unspecified atom stereocenters. The fourth-order valence-electron chi connectivity index (χ4n) is 2.67. The molecule has 1 aromatic heterocycles. The number of fused-ring (bicyclic) bond motifs is 1. The highest BCUT2D eigenvalue weighted by Crippen LogP contribution is 2.32. The van der Waals surface area contributed by atoms with Crippen molar-refractivity contribution >= 4 is 28.5 Å². The molecule has 0 saturated heterocycles. The number of carbonyl (C=O) groups excluding carboxylic acids is 1. The molecule has 4 nitrogen and oxygen atoms in total. The summed E-state index contributed by atoms with van der Waals surface area (Å²) in [6, 6.07) is 12.4. The Labute approximate surface area is 161 Å². The van der Waals surface area contributed by atoms with Crippen LogP contribution in [0.1, 0.15) is 10.4 Å². The molecule has 4 aromatic rings. The second-order valence-electron chi connectivity index (χ2n) is 5.81. The molecule has 0 aliphatic heterocycles. The average molecular weight is 404 g/mol. The summed E-state index contributed by atoms with van der Waals surface area (Å²) in [5, 5.41) is 4.43. The van der Waals surface area contributed by atoms with Crippen molar-refractivity contribution in [1.29, 1.82) is 0 Å². The summed E-state index contributed by atoms with van der Waals surface area (Å²) >= 11 is 5.97. The lowest BCUT2D eigenvalue weighted by molar-refractivity contribution is 0.0735. The monoisotopic (exact) mass is 403 g/mol. The number of hydrogen-bond donors (Lipinski definition) is 0. The van der Waals surface area contributed by atoms with Crippen LogP contribution in [0, 0.1) is 17.5 Å². The lowest BCUT2D eigenvalue weighted by Gasteiger charge is -2.05. The van der Waals surface area contributed by atoms with E-state index in [1.165, 1.54) is 24.3 Å². The van der Waals surface area contributed by atoms with Gasteiger partial charge >= 0.3 is 5.97 Å². The van der Waals surface area contributed by atoms with Crippen LogP contribution in [0.3, 0.4) is 0 Å². The zero-order chi connectivity index (χ0) is 19.8. The summed E-state index contributed by atoms with van der Waals surface area (Å²) in [5.74, 6) is -4.73. The highest BCUT2D eigenvalue weighted by molar-refractivity contribution is 6.33. The van der Waals surface area contributed by atoms with Gasteiger partial charge in [-0.25, -0.2) is 18.0 Å². The first-order valence-corrected chi connectivity index (χ1v) is 8.33. The Balaban J connectivity index is 1.67. The van der Waals surface area contributed by atoms with Gasteiger partial charge in [-0.2, -0.15) is 0 Å². The van der Waals surface area contributed by atoms with Crippen molar-refractivity contribution in [2.45, 2.75) is 0 Å². The number of nitrogens with zero attached hydrogens (tertiary/aromatic N) is 1. The number of ether oxygens (including phenoxy) is 1. The van der Waals surface area contributed by atoms with E-state index in [1.54, 1.807) is 18.2 Å². The van der Waals surface area contributed by atoms with Crippen molar-refractivity contribution in [2.24, 2.45) is 0 Å². The molecular formula is C20H9ClF3NO3. The van der Waals surface area contributed by atoms with Crippen LogP contribution in [0.25, 0.3) is 22.2 Å². The molecule has 0 radical (unpaired) electrons. The van der Waals surface area contributed by atoms with Crippen LogP contribution in [0.15, 0.2) is 59.1 Å². The van der Waals surface area contributed by atoms with Gasteiger partial charge in [-0.15, -0.1) is 0 Å². The van der Waals surface area contributed by atoms with Gasteiger partial charge in [0.2, 0.25) is 0 Å². The first-order valence-electron chi connectivity index (χ1n) is 7.95. The van der Waals surface area contributed by atoms with Gasteiger partial charge in [-0.3, -0.25) is 0 Å². The standard InChI is InChI=1S/C20H9ClF3NO3/c21-14-4-2-1-3-12(14)20(26)27-11-5-6-13-17(9-11)28-25-19(13)10-7-15(22)18(24)16(23)8-10/h1-9H. The van der Waals surface area contributed by atoms with Gasteiger partial charge in [0.05, 0.1) is 10.6 Å². The number of halogens is 4. The van der Waals surface area contributed by atoms with Gasteiger partial charge in [-0.05, 0) is 36.4 Å². The predicted octanol–water partition coefficient (Wildman–Crippen LogP) is 5.78. The van der Waals surface area contributed by atoms with Gasteiger partial charge in [0.25, 0.3) is 0 Å². The van der Waals surface area contributed by atoms with Gasteiger partial charge in [0, 0.05) is 17.0 Å². The molecule has 0 atom stereocenters. The first-order chi connectivity index (χ1) is 13.4. The van der Waals surface area contributed by atoms with Crippen molar-refractivity contribution < 1.29 is 27.2 Å². The van der Waals surface area contributed by atoms with Crippen LogP contribution in [-0.4, -0.2) is 11.1 Å². The molecule has 0 N–H and O–H groups in total. The Morgan fingerprint density at radius 3 is 2.43 bits per heavy atom. The van der Waals surface area contributed by atoms with E-state index in [4.69, 9.17) is 20.9 Å². The van der Waals surface area contributed by atoms with Gasteiger partial charge < -0.3 is 9.26 Å². The third-order valence-electron chi connectivity index (χ3n) is 4.01. The number of aromatic nitrogens is 1. The van der Waals surface area contributed by atoms with Crippen LogP contribution in [0.4, 0.5) is 13.2 Å². The molecule has 3 aromatic carbocycles. The highest BCUT2D eigenvalue weighted by Gasteiger charge is 2.18. The molecule has 140 valence electrons. The lowest BCUT2D eigenvalue weighted by Crippen LogP contribution is -2.08. The van der Waals surface area contributed by atoms with Crippen molar-refractivity contribution in [3.63, 3.8) is 0 Å². The molecule has 0 saturated carbocycles. The molecule has 1 heterocycles. The maximum atomic E-state index is 13.5. The third kappa shape index (κ3) is 3.20. The Morgan fingerprint density at radius 2 is 1.71 bits per heavy atom. The zero-order valence-electron chi connectivity index (χ0n) is 13.9. The summed E-state index contributed by atoms with van der Waals surface area (Å²) < 4.78 is 50.6. The number of rotatable bonds is 3. The van der Waals surface area contributed by atoms with Crippen LogP contribution >= 0.6 is 11.6 Å². The Morgan fingerprint density at radius 1 is 1.00 bits per heavy atom. The minimum atomic E-state index is -1.56. The molecule has 8 heteroatoms. The SMILES string of the molecule is O=C(Oc1ccc2c(-c3cc(F)c(F)c(F)c3)noc2c1)c1ccccc1Cl. The largest absolute Gasteiger partial charge is 0.423 e. The van der Waals surface area contributed by atoms with E-state index in [2.05, 4.69) is 5.16 Å². The molecular weight excluding hydrogens is 395 g/mol. The molecule has 28 heavy (non-hydrogen) atoms. The number of hydrogen-bond acceptors (Lipinski definition) is 4. The quantitative estimate of drug-likeness (QED) is 0.247. The predicted molar refractivity (Wildman–Crippen MR) is 95.7 cm³/mol. The van der Waals surface area contributed by atoms with E-state index >= 15 is 0 Å². The molecule has 0 fully saturated rings. The number of carbonyl (C=O) groups is 1. The third-order valence-corrected chi connectivity index (χ3v) is 4.33. The minimum absolute atomic E-state index is 0.0102. The molecule has 0 aliphatic rings. The summed E-state index contributed by atoms with van der Waals surface area (Å²) in [4.78, 5) is 12.2. The van der Waals surface area contributed by atoms with Crippen LogP contribution in [-0.2, 0) is 0 Å². The lowest BCUT2D eigenvalue weighted by atomic mass is 10.1. The number of esters is 1. The van der Waals surface area contributed by atoms with Crippen molar-refractivity contribution in [3.8, 4) is 17.0 Å². The van der Waals surface area contributed by atoms with Crippen molar-refractivity contribution in [3.05, 3.63) is 82.6 Å². The maximum absolute atomic E-state index is 13.5. The zero-order valence-corrected chi connectivity index (χ0v) is 14.6. The second kappa shape index (κ2) is 7.01. The smallest absolute Gasteiger partial charge is 0.345 e. The van der Waals surface area contributed by atoms with E-state index in [0.29, 0.717) is 5.39 Å². The Kier molecular flexibility index (Phi) is 4.52. The van der Waals surface area contributed by atoms with Gasteiger partial charge in [0.15, 0.2) is 23.0 Å². The van der Waals surface area contributed by atoms with Gasteiger partial charge in [-0.1, -0.05) is 28.9 Å². The summed E-state index contributed by atoms with van der Waals surface area (Å²) in [5.41, 5.74) is 0.539. The van der Waals surface area contributed by atoms with Crippen LogP contribution < -0.4 is 4.74 Å². The fourth-order valence-corrected chi connectivity index (χ4v) is 2.88. The normalized spacial score (nSPS) is 11.0. The topological polar surface area (TPSA) is 52.3 Å². The van der Waals surface area contributed by atoms with Crippen molar-refractivity contribution in [2.75, 3.05) is 0 Å². The summed E-state index contributed by atoms with van der Waals surface area (Å²) in [6.07, 6.45) is 0. The summed E-state index contributed by atoms with van der Waals surface area (Å²) in [7, 11) is 0. The van der Waals surface area contributed by atoms with Gasteiger partial charge in [0.1, 0.15) is 11.4 Å². The average Bonchev–Trinajstić information content (AvgIpc) is 3.09. The fraction of sp³-hybridized carbons (Fsp3) is 0. The molecule has 4 rings (SSSR count). The minimum Gasteiger partial charge on any atom is -0.423 e. The van der Waals surface area contributed by atoms with E-state index in [0.717, 1.165) is 12.1 Å². The van der Waals surface area contributed by atoms with Crippen LogP contribution in [0.2, 0.25) is 5.02 Å². The molecule has 0 bridgehead atoms. The number of benzene rings is 3.